The summed E-state index contributed by atoms with van der Waals surface area (Å²) in [6.45, 7) is 2.66. The van der Waals surface area contributed by atoms with Crippen LogP contribution in [0.3, 0.4) is 0 Å². The van der Waals surface area contributed by atoms with Gasteiger partial charge in [0.25, 0.3) is 0 Å². The molecule has 0 aliphatic rings. The lowest BCUT2D eigenvalue weighted by molar-refractivity contribution is -0.147. The molecule has 0 aliphatic heterocycles. The summed E-state index contributed by atoms with van der Waals surface area (Å²) in [7, 11) is 0. The van der Waals surface area contributed by atoms with Gasteiger partial charge < -0.3 is 26.0 Å². The highest BCUT2D eigenvalue weighted by molar-refractivity contribution is 6.07. The fourth-order valence-corrected chi connectivity index (χ4v) is 3.59. The van der Waals surface area contributed by atoms with Crippen molar-refractivity contribution in [3.63, 3.8) is 0 Å². The van der Waals surface area contributed by atoms with Crippen molar-refractivity contribution in [2.24, 2.45) is 0 Å². The van der Waals surface area contributed by atoms with Gasteiger partial charge in [0.1, 0.15) is 12.1 Å². The van der Waals surface area contributed by atoms with Crippen molar-refractivity contribution in [2.45, 2.75) is 38.8 Å². The molecule has 2 aromatic carbocycles. The summed E-state index contributed by atoms with van der Waals surface area (Å²) in [5.74, 6) is -3.56. The maximum absolute atomic E-state index is 13.1. The van der Waals surface area contributed by atoms with Crippen molar-refractivity contribution in [2.75, 3.05) is 17.2 Å². The zero-order valence-corrected chi connectivity index (χ0v) is 20.8. The third-order valence-corrected chi connectivity index (χ3v) is 5.24. The van der Waals surface area contributed by atoms with Gasteiger partial charge >= 0.3 is 5.97 Å². The van der Waals surface area contributed by atoms with E-state index >= 15 is 0 Å². The van der Waals surface area contributed by atoms with E-state index in [0.717, 1.165) is 6.92 Å². The molecule has 2 rings (SSSR count). The van der Waals surface area contributed by atoms with E-state index in [2.05, 4.69) is 21.3 Å². The normalized spacial score (nSPS) is 11.7. The standard InChI is InChI=1S/C26H28N4O8/c1-3-38-26(37)22(13-24(35)18-9-5-7-11-20(18)28-15-32)30-25(36)21(29-16(2)33)12-23(34)17-8-4-6-10-19(17)27-14-31/h4-11,14-15,21-22H,3,12-13H2,1-2H3,(H,27,31)(H,28,32)(H,29,33)(H,30,36). The van der Waals surface area contributed by atoms with Crippen LogP contribution < -0.4 is 21.3 Å². The number of hydrogen-bond donors (Lipinski definition) is 4. The summed E-state index contributed by atoms with van der Waals surface area (Å²) in [4.78, 5) is 85.2. The van der Waals surface area contributed by atoms with Crippen molar-refractivity contribution in [3.8, 4) is 0 Å². The molecular formula is C26H28N4O8. The van der Waals surface area contributed by atoms with Gasteiger partial charge in [0.15, 0.2) is 11.6 Å². The van der Waals surface area contributed by atoms with E-state index in [1.165, 1.54) is 24.3 Å². The molecule has 0 aliphatic carbocycles. The van der Waals surface area contributed by atoms with Crippen LogP contribution in [0.15, 0.2) is 48.5 Å². The zero-order valence-electron chi connectivity index (χ0n) is 20.8. The van der Waals surface area contributed by atoms with E-state index < -0.39 is 54.3 Å². The number of rotatable bonds is 15. The monoisotopic (exact) mass is 524 g/mol. The number of esters is 1. The van der Waals surface area contributed by atoms with Gasteiger partial charge in [-0.25, -0.2) is 4.79 Å². The number of amides is 4. The first-order valence-electron chi connectivity index (χ1n) is 11.6. The molecule has 12 nitrogen and oxygen atoms in total. The first-order valence-corrected chi connectivity index (χ1v) is 11.6. The first-order chi connectivity index (χ1) is 18.2. The molecule has 0 heterocycles. The second-order valence-corrected chi connectivity index (χ2v) is 7.94. The molecular weight excluding hydrogens is 496 g/mol. The number of Topliss-reactive ketones (excluding diaryl/α,β-unsaturated/α-hetero) is 2. The van der Waals surface area contributed by atoms with Crippen molar-refractivity contribution in [1.82, 2.24) is 10.6 Å². The van der Waals surface area contributed by atoms with Gasteiger partial charge in [-0.1, -0.05) is 24.3 Å². The Morgan fingerprint density at radius 2 is 1.24 bits per heavy atom. The SMILES string of the molecule is CCOC(=O)C(CC(=O)c1ccccc1NC=O)NC(=O)C(CC(=O)c1ccccc1NC=O)NC(C)=O. The van der Waals surface area contributed by atoms with Crippen molar-refractivity contribution >= 4 is 53.5 Å². The van der Waals surface area contributed by atoms with Crippen LogP contribution in [0, 0.1) is 0 Å². The molecule has 2 unspecified atom stereocenters. The molecule has 0 bridgehead atoms. The van der Waals surface area contributed by atoms with E-state index in [-0.39, 0.29) is 29.1 Å². The van der Waals surface area contributed by atoms with Crippen molar-refractivity contribution in [3.05, 3.63) is 59.7 Å². The fraction of sp³-hybridized carbons (Fsp3) is 0.269. The van der Waals surface area contributed by atoms with Crippen molar-refractivity contribution in [1.29, 1.82) is 0 Å². The van der Waals surface area contributed by atoms with Gasteiger partial charge in [0, 0.05) is 30.9 Å². The number of hydrogen-bond acceptors (Lipinski definition) is 8. The zero-order chi connectivity index (χ0) is 28.1. The lowest BCUT2D eigenvalue weighted by Gasteiger charge is -2.22. The molecule has 0 saturated carbocycles. The number of para-hydroxylation sites is 2. The van der Waals surface area contributed by atoms with Crippen LogP contribution in [0.1, 0.15) is 47.4 Å². The van der Waals surface area contributed by atoms with E-state index in [1.807, 2.05) is 0 Å². The Balaban J connectivity index is 2.28. The predicted octanol–water partition coefficient (Wildman–Crippen LogP) is 1.22. The molecule has 12 heteroatoms. The van der Waals surface area contributed by atoms with Crippen LogP contribution in [0.25, 0.3) is 0 Å². The molecule has 0 radical (unpaired) electrons. The highest BCUT2D eigenvalue weighted by Crippen LogP contribution is 2.19. The van der Waals surface area contributed by atoms with Gasteiger partial charge in [-0.3, -0.25) is 28.8 Å². The lowest BCUT2D eigenvalue weighted by atomic mass is 9.99. The van der Waals surface area contributed by atoms with Gasteiger partial charge in [-0.15, -0.1) is 0 Å². The molecule has 0 aromatic heterocycles. The minimum absolute atomic E-state index is 0.0309. The Morgan fingerprint density at radius 1 is 0.763 bits per heavy atom. The van der Waals surface area contributed by atoms with Gasteiger partial charge in [-0.2, -0.15) is 0 Å². The average molecular weight is 525 g/mol. The van der Waals surface area contributed by atoms with Crippen LogP contribution in [-0.2, 0) is 28.7 Å². The lowest BCUT2D eigenvalue weighted by Crippen LogP contribution is -2.52. The largest absolute Gasteiger partial charge is 0.464 e. The van der Waals surface area contributed by atoms with Crippen molar-refractivity contribution < 1.29 is 38.3 Å². The Morgan fingerprint density at radius 3 is 1.68 bits per heavy atom. The third kappa shape index (κ3) is 8.36. The second kappa shape index (κ2) is 14.6. The highest BCUT2D eigenvalue weighted by Gasteiger charge is 2.31. The molecule has 200 valence electrons. The van der Waals surface area contributed by atoms with Crippen LogP contribution >= 0.6 is 0 Å². The molecule has 2 atom stereocenters. The van der Waals surface area contributed by atoms with E-state index in [4.69, 9.17) is 4.74 Å². The highest BCUT2D eigenvalue weighted by atomic mass is 16.5. The average Bonchev–Trinajstić information content (AvgIpc) is 2.88. The molecule has 4 N–H and O–H groups in total. The van der Waals surface area contributed by atoms with E-state index in [1.54, 1.807) is 31.2 Å². The predicted molar refractivity (Wildman–Crippen MR) is 136 cm³/mol. The maximum atomic E-state index is 13.1. The Kier molecular flexibility index (Phi) is 11.3. The van der Waals surface area contributed by atoms with Crippen LogP contribution in [0.5, 0.6) is 0 Å². The van der Waals surface area contributed by atoms with Gasteiger partial charge in [-0.05, 0) is 31.2 Å². The number of ether oxygens (including phenoxy) is 1. The molecule has 4 amide bonds. The number of ketones is 2. The number of carbonyl (C=O) groups excluding carboxylic acids is 7. The Hall–Kier alpha value is -4.87. The van der Waals surface area contributed by atoms with Gasteiger partial charge in [0.05, 0.1) is 18.0 Å². The fourth-order valence-electron chi connectivity index (χ4n) is 3.59. The molecule has 38 heavy (non-hydrogen) atoms. The second-order valence-electron chi connectivity index (χ2n) is 7.94. The summed E-state index contributed by atoms with van der Waals surface area (Å²) in [6, 6.07) is 9.37. The van der Waals surface area contributed by atoms with E-state index in [0.29, 0.717) is 12.8 Å². The minimum atomic E-state index is -1.45. The smallest absolute Gasteiger partial charge is 0.329 e. The van der Waals surface area contributed by atoms with Crippen LogP contribution in [-0.4, -0.2) is 60.9 Å². The summed E-state index contributed by atoms with van der Waals surface area (Å²) >= 11 is 0. The molecule has 0 spiro atoms. The Labute approximate surface area is 218 Å². The van der Waals surface area contributed by atoms with Crippen LogP contribution in [0.2, 0.25) is 0 Å². The number of carbonyl (C=O) groups is 7. The first kappa shape index (κ1) is 29.4. The maximum Gasteiger partial charge on any atom is 0.329 e. The quantitative estimate of drug-likeness (QED) is 0.153. The minimum Gasteiger partial charge on any atom is -0.464 e. The van der Waals surface area contributed by atoms with E-state index in [9.17, 15) is 33.6 Å². The summed E-state index contributed by atoms with van der Waals surface area (Å²) in [6.07, 6.45) is -0.226. The Bertz CT molecular complexity index is 1210. The third-order valence-electron chi connectivity index (χ3n) is 5.24. The number of anilines is 2. The summed E-state index contributed by atoms with van der Waals surface area (Å²) in [5.41, 5.74) is 0.646. The summed E-state index contributed by atoms with van der Waals surface area (Å²) in [5, 5.41) is 9.56. The molecule has 2 aromatic rings. The molecule has 0 saturated heterocycles. The number of benzene rings is 2. The van der Waals surface area contributed by atoms with Gasteiger partial charge in [0.2, 0.25) is 24.6 Å². The topological polar surface area (TPSA) is 177 Å². The number of nitrogens with one attached hydrogen (secondary N) is 4. The van der Waals surface area contributed by atoms with Crippen LogP contribution in [0.4, 0.5) is 11.4 Å². The molecule has 0 fully saturated rings. The summed E-state index contributed by atoms with van der Waals surface area (Å²) < 4.78 is 5.00.